The molecule has 0 aliphatic heterocycles. The summed E-state index contributed by atoms with van der Waals surface area (Å²) in [7, 11) is 0. The fraction of sp³-hybridized carbons (Fsp3) is 0.333. The van der Waals surface area contributed by atoms with Crippen molar-refractivity contribution in [3.63, 3.8) is 0 Å². The van der Waals surface area contributed by atoms with Gasteiger partial charge in [-0.25, -0.2) is 4.98 Å². The van der Waals surface area contributed by atoms with E-state index >= 15 is 0 Å². The highest BCUT2D eigenvalue weighted by molar-refractivity contribution is 6.29. The fourth-order valence-corrected chi connectivity index (χ4v) is 2.06. The van der Waals surface area contributed by atoms with Crippen LogP contribution >= 0.6 is 11.6 Å². The highest BCUT2D eigenvalue weighted by atomic mass is 35.5. The molecule has 106 valence electrons. The van der Waals surface area contributed by atoms with Crippen LogP contribution in [-0.2, 0) is 12.8 Å². The van der Waals surface area contributed by atoms with Crippen LogP contribution in [0.3, 0.4) is 0 Å². The number of aromatic nitrogens is 2. The van der Waals surface area contributed by atoms with E-state index in [2.05, 4.69) is 16.9 Å². The summed E-state index contributed by atoms with van der Waals surface area (Å²) >= 11 is 5.98. The lowest BCUT2D eigenvalue weighted by atomic mass is 10.1. The Balaban J connectivity index is 2.25. The summed E-state index contributed by atoms with van der Waals surface area (Å²) in [6, 6.07) is 9.15. The standard InChI is InChI=1S/C15H17ClN2O2/c1-2-5-14-17-13(16)10-15(18-14)20-12-7-4-3-6-11(12)8-9-19/h3-4,6-7,10,19H,2,5,8-9H2,1H3. The van der Waals surface area contributed by atoms with Gasteiger partial charge in [-0.3, -0.25) is 0 Å². The number of hydrogen-bond donors (Lipinski definition) is 1. The van der Waals surface area contributed by atoms with Crippen molar-refractivity contribution in [1.82, 2.24) is 9.97 Å². The molecule has 0 aliphatic carbocycles. The van der Waals surface area contributed by atoms with E-state index in [0.29, 0.717) is 29.0 Å². The molecule has 20 heavy (non-hydrogen) atoms. The number of aliphatic hydroxyl groups is 1. The average molecular weight is 293 g/mol. The third kappa shape index (κ3) is 3.92. The number of para-hydroxylation sites is 1. The minimum absolute atomic E-state index is 0.0754. The van der Waals surface area contributed by atoms with Crippen molar-refractivity contribution in [2.45, 2.75) is 26.2 Å². The Labute approximate surface area is 123 Å². The van der Waals surface area contributed by atoms with E-state index in [9.17, 15) is 0 Å². The van der Waals surface area contributed by atoms with E-state index in [1.807, 2.05) is 24.3 Å². The highest BCUT2D eigenvalue weighted by Gasteiger charge is 2.08. The zero-order valence-corrected chi connectivity index (χ0v) is 12.1. The second kappa shape index (κ2) is 7.22. The number of hydrogen-bond acceptors (Lipinski definition) is 4. The third-order valence-corrected chi connectivity index (χ3v) is 2.95. The van der Waals surface area contributed by atoms with Gasteiger partial charge in [-0.2, -0.15) is 4.98 Å². The molecule has 1 heterocycles. The van der Waals surface area contributed by atoms with Crippen LogP contribution in [0, 0.1) is 0 Å². The molecule has 0 fully saturated rings. The molecule has 4 nitrogen and oxygen atoms in total. The fourth-order valence-electron chi connectivity index (χ4n) is 1.87. The minimum atomic E-state index is 0.0754. The van der Waals surface area contributed by atoms with Crippen LogP contribution in [0.5, 0.6) is 11.6 Å². The number of benzene rings is 1. The normalized spacial score (nSPS) is 10.6. The smallest absolute Gasteiger partial charge is 0.224 e. The van der Waals surface area contributed by atoms with Gasteiger partial charge >= 0.3 is 0 Å². The third-order valence-electron chi connectivity index (χ3n) is 2.76. The van der Waals surface area contributed by atoms with Gasteiger partial charge < -0.3 is 9.84 Å². The van der Waals surface area contributed by atoms with E-state index in [0.717, 1.165) is 18.4 Å². The highest BCUT2D eigenvalue weighted by Crippen LogP contribution is 2.25. The van der Waals surface area contributed by atoms with E-state index < -0.39 is 0 Å². The summed E-state index contributed by atoms with van der Waals surface area (Å²) in [5.41, 5.74) is 0.932. The summed E-state index contributed by atoms with van der Waals surface area (Å²) in [5, 5.41) is 9.44. The van der Waals surface area contributed by atoms with Crippen molar-refractivity contribution in [3.8, 4) is 11.6 Å². The molecule has 0 aliphatic rings. The first-order chi connectivity index (χ1) is 9.72. The van der Waals surface area contributed by atoms with Gasteiger partial charge in [-0.15, -0.1) is 0 Å². The number of ether oxygens (including phenoxy) is 1. The molecule has 0 bridgehead atoms. The molecule has 0 saturated heterocycles. The molecule has 0 spiro atoms. The largest absolute Gasteiger partial charge is 0.439 e. The summed E-state index contributed by atoms with van der Waals surface area (Å²) < 4.78 is 5.78. The van der Waals surface area contributed by atoms with E-state index in [1.54, 1.807) is 6.07 Å². The lowest BCUT2D eigenvalue weighted by Gasteiger charge is -2.10. The number of rotatable bonds is 6. The zero-order valence-electron chi connectivity index (χ0n) is 11.3. The van der Waals surface area contributed by atoms with Gasteiger partial charge in [0.2, 0.25) is 5.88 Å². The minimum Gasteiger partial charge on any atom is -0.439 e. The van der Waals surface area contributed by atoms with Crippen molar-refractivity contribution in [1.29, 1.82) is 0 Å². The predicted molar refractivity (Wildman–Crippen MR) is 78.3 cm³/mol. The molecule has 0 saturated carbocycles. The molecule has 0 amide bonds. The maximum Gasteiger partial charge on any atom is 0.224 e. The van der Waals surface area contributed by atoms with Crippen LogP contribution in [0.1, 0.15) is 24.7 Å². The van der Waals surface area contributed by atoms with E-state index in [4.69, 9.17) is 21.4 Å². The van der Waals surface area contributed by atoms with Crippen molar-refractivity contribution in [2.75, 3.05) is 6.61 Å². The Morgan fingerprint density at radius 3 is 2.75 bits per heavy atom. The summed E-state index contributed by atoms with van der Waals surface area (Å²) in [4.78, 5) is 8.50. The molecule has 1 aromatic heterocycles. The van der Waals surface area contributed by atoms with E-state index in [1.165, 1.54) is 0 Å². The molecule has 0 atom stereocenters. The number of aryl methyl sites for hydroxylation is 1. The first-order valence-corrected chi connectivity index (χ1v) is 7.00. The number of aliphatic hydroxyl groups excluding tert-OH is 1. The molecule has 5 heteroatoms. The molecular weight excluding hydrogens is 276 g/mol. The Morgan fingerprint density at radius 1 is 1.20 bits per heavy atom. The summed E-state index contributed by atoms with van der Waals surface area (Å²) in [6.07, 6.45) is 2.24. The molecular formula is C15H17ClN2O2. The topological polar surface area (TPSA) is 55.2 Å². The zero-order chi connectivity index (χ0) is 14.4. The van der Waals surface area contributed by atoms with Crippen LogP contribution < -0.4 is 4.74 Å². The maximum absolute atomic E-state index is 9.07. The Kier molecular flexibility index (Phi) is 5.32. The number of halogens is 1. The van der Waals surface area contributed by atoms with Crippen LogP contribution in [0.4, 0.5) is 0 Å². The molecule has 1 aromatic carbocycles. The summed E-state index contributed by atoms with van der Waals surface area (Å²) in [5.74, 6) is 1.78. The maximum atomic E-state index is 9.07. The first kappa shape index (κ1) is 14.8. The van der Waals surface area contributed by atoms with Crippen molar-refractivity contribution < 1.29 is 9.84 Å². The average Bonchev–Trinajstić information content (AvgIpc) is 2.41. The monoisotopic (exact) mass is 292 g/mol. The van der Waals surface area contributed by atoms with Crippen molar-refractivity contribution >= 4 is 11.6 Å². The van der Waals surface area contributed by atoms with Gasteiger partial charge in [-0.1, -0.05) is 36.7 Å². The lowest BCUT2D eigenvalue weighted by Crippen LogP contribution is -2.00. The van der Waals surface area contributed by atoms with Crippen molar-refractivity contribution in [2.24, 2.45) is 0 Å². The van der Waals surface area contributed by atoms with Crippen LogP contribution in [-0.4, -0.2) is 21.7 Å². The SMILES string of the molecule is CCCc1nc(Cl)cc(Oc2ccccc2CCO)n1. The number of nitrogens with zero attached hydrogens (tertiary/aromatic N) is 2. The Bertz CT molecular complexity index is 576. The van der Waals surface area contributed by atoms with Crippen LogP contribution in [0.2, 0.25) is 5.15 Å². The second-order valence-corrected chi connectivity index (χ2v) is 4.77. The quantitative estimate of drug-likeness (QED) is 0.829. The lowest BCUT2D eigenvalue weighted by molar-refractivity contribution is 0.297. The molecule has 0 radical (unpaired) electrons. The summed E-state index contributed by atoms with van der Waals surface area (Å²) in [6.45, 7) is 2.13. The van der Waals surface area contributed by atoms with Gasteiger partial charge in [0.15, 0.2) is 0 Å². The first-order valence-electron chi connectivity index (χ1n) is 6.63. The van der Waals surface area contributed by atoms with Gasteiger partial charge in [0.25, 0.3) is 0 Å². The molecule has 1 N–H and O–H groups in total. The van der Waals surface area contributed by atoms with Crippen molar-refractivity contribution in [3.05, 3.63) is 46.9 Å². The Morgan fingerprint density at radius 2 is 2.00 bits per heavy atom. The van der Waals surface area contributed by atoms with Gasteiger partial charge in [0, 0.05) is 19.1 Å². The molecule has 2 aromatic rings. The van der Waals surface area contributed by atoms with Gasteiger partial charge in [0.1, 0.15) is 16.7 Å². The van der Waals surface area contributed by atoms with Gasteiger partial charge in [-0.05, 0) is 24.5 Å². The van der Waals surface area contributed by atoms with E-state index in [-0.39, 0.29) is 6.61 Å². The second-order valence-electron chi connectivity index (χ2n) is 4.38. The van der Waals surface area contributed by atoms with Crippen LogP contribution in [0.15, 0.2) is 30.3 Å². The van der Waals surface area contributed by atoms with Crippen LogP contribution in [0.25, 0.3) is 0 Å². The van der Waals surface area contributed by atoms with Gasteiger partial charge in [0.05, 0.1) is 0 Å². The molecule has 2 rings (SSSR count). The predicted octanol–water partition coefficient (Wildman–Crippen LogP) is 3.41. The molecule has 0 unspecified atom stereocenters. The Hall–Kier alpha value is -1.65.